The van der Waals surface area contributed by atoms with Gasteiger partial charge in [-0.05, 0) is 25.1 Å². The maximum absolute atomic E-state index is 12.3. The number of carbonyl (C=O) groups excluding carboxylic acids is 1. The first-order chi connectivity index (χ1) is 10.7. The van der Waals surface area contributed by atoms with Gasteiger partial charge in [0.25, 0.3) is 0 Å². The largest absolute Gasteiger partial charge is 0.488 e. The lowest BCUT2D eigenvalue weighted by Crippen LogP contribution is -3.09. The topological polar surface area (TPSA) is 63.3 Å². The molecular weight excluding hydrogens is 280 g/mol. The number of rotatable bonds is 4. The summed E-state index contributed by atoms with van der Waals surface area (Å²) in [5.74, 6) is 0.553. The van der Waals surface area contributed by atoms with E-state index in [9.17, 15) is 4.79 Å². The second kappa shape index (κ2) is 5.99. The van der Waals surface area contributed by atoms with Crippen molar-refractivity contribution in [3.8, 4) is 5.75 Å². The summed E-state index contributed by atoms with van der Waals surface area (Å²) in [4.78, 5) is 12.9. The summed E-state index contributed by atoms with van der Waals surface area (Å²) in [5, 5.41) is 12.2. The van der Waals surface area contributed by atoms with Gasteiger partial charge in [-0.25, -0.2) is 9.69 Å². The Labute approximate surface area is 128 Å². The fourth-order valence-corrected chi connectivity index (χ4v) is 2.59. The van der Waals surface area contributed by atoms with Crippen LogP contribution in [0.25, 0.3) is 0 Å². The van der Waals surface area contributed by atoms with Crippen LogP contribution in [0.15, 0.2) is 53.7 Å². The number of aryl methyl sites for hydroxylation is 1. The molecule has 0 aromatic heterocycles. The van der Waals surface area contributed by atoms with Crippen molar-refractivity contribution in [1.29, 1.82) is 0 Å². The van der Waals surface area contributed by atoms with Gasteiger partial charge < -0.3 is 9.94 Å². The fraction of sp³-hybridized carbons (Fsp3) is 0.176. The highest BCUT2D eigenvalue weighted by Crippen LogP contribution is 2.17. The Bertz CT molecular complexity index is 723. The van der Waals surface area contributed by atoms with E-state index in [1.54, 1.807) is 6.07 Å². The maximum atomic E-state index is 12.3. The van der Waals surface area contributed by atoms with Crippen LogP contribution in [0, 0.1) is 6.92 Å². The standard InChI is InChI=1S/C17H16N2O3/c1-12-6-8-13(9-7-12)22-11-10-19-15-5-3-2-4-14(15)16(18-21)17(19)20/h2-9,21H,10-11H2,1H3/p+1. The van der Waals surface area contributed by atoms with Crippen molar-refractivity contribution in [2.24, 2.45) is 5.16 Å². The minimum atomic E-state index is -0.226. The molecule has 0 radical (unpaired) electrons. The highest BCUT2D eigenvalue weighted by Gasteiger charge is 2.40. The summed E-state index contributed by atoms with van der Waals surface area (Å²) < 4.78 is 5.68. The monoisotopic (exact) mass is 297 g/mol. The van der Waals surface area contributed by atoms with Gasteiger partial charge in [-0.15, -0.1) is 0 Å². The van der Waals surface area contributed by atoms with Gasteiger partial charge in [0.05, 0.1) is 5.56 Å². The first kappa shape index (κ1) is 14.3. The van der Waals surface area contributed by atoms with Crippen LogP contribution < -0.4 is 9.64 Å². The predicted octanol–water partition coefficient (Wildman–Crippen LogP) is 1.31. The normalized spacial score (nSPS) is 18.5. The van der Waals surface area contributed by atoms with Gasteiger partial charge >= 0.3 is 5.91 Å². The number of ether oxygens (including phenoxy) is 1. The molecule has 1 atom stereocenters. The van der Waals surface area contributed by atoms with E-state index in [1.807, 2.05) is 49.4 Å². The van der Waals surface area contributed by atoms with E-state index in [0.29, 0.717) is 23.6 Å². The number of hydrogen-bond acceptors (Lipinski definition) is 4. The zero-order chi connectivity index (χ0) is 15.5. The van der Waals surface area contributed by atoms with E-state index in [-0.39, 0.29) is 11.6 Å². The predicted molar refractivity (Wildman–Crippen MR) is 81.9 cm³/mol. The number of benzene rings is 2. The molecule has 5 heteroatoms. The van der Waals surface area contributed by atoms with Gasteiger partial charge in [0.1, 0.15) is 24.6 Å². The number of fused-ring (bicyclic) bond motifs is 1. The van der Waals surface area contributed by atoms with Crippen molar-refractivity contribution in [2.75, 3.05) is 13.2 Å². The van der Waals surface area contributed by atoms with Gasteiger partial charge in [-0.2, -0.15) is 0 Å². The van der Waals surface area contributed by atoms with E-state index < -0.39 is 0 Å². The molecule has 0 fully saturated rings. The molecule has 2 aromatic carbocycles. The molecule has 0 saturated heterocycles. The molecule has 1 aliphatic heterocycles. The molecule has 1 unspecified atom stereocenters. The minimum absolute atomic E-state index is 0.112. The Kier molecular flexibility index (Phi) is 3.89. The molecule has 112 valence electrons. The number of para-hydroxylation sites is 1. The number of nitrogens with zero attached hydrogens (tertiary/aromatic N) is 1. The number of carbonyl (C=O) groups is 1. The van der Waals surface area contributed by atoms with Gasteiger partial charge in [-0.1, -0.05) is 35.0 Å². The van der Waals surface area contributed by atoms with E-state index >= 15 is 0 Å². The summed E-state index contributed by atoms with van der Waals surface area (Å²) in [6.45, 7) is 2.89. The van der Waals surface area contributed by atoms with Crippen LogP contribution in [0.4, 0.5) is 5.69 Å². The number of hydrogen-bond donors (Lipinski definition) is 2. The maximum Gasteiger partial charge on any atom is 0.372 e. The van der Waals surface area contributed by atoms with Crippen LogP contribution in [0.3, 0.4) is 0 Å². The molecule has 0 spiro atoms. The average Bonchev–Trinajstić information content (AvgIpc) is 2.81. The molecular formula is C17H17N2O3+. The summed E-state index contributed by atoms with van der Waals surface area (Å²) >= 11 is 0. The smallest absolute Gasteiger partial charge is 0.372 e. The molecule has 5 nitrogen and oxygen atoms in total. The molecule has 1 aliphatic rings. The van der Waals surface area contributed by atoms with Crippen LogP contribution in [-0.4, -0.2) is 30.0 Å². The second-order valence-corrected chi connectivity index (χ2v) is 5.21. The Morgan fingerprint density at radius 3 is 2.59 bits per heavy atom. The van der Waals surface area contributed by atoms with Crippen LogP contribution in [0.1, 0.15) is 11.1 Å². The highest BCUT2D eigenvalue weighted by molar-refractivity contribution is 6.45. The van der Waals surface area contributed by atoms with Crippen LogP contribution in [0.2, 0.25) is 0 Å². The highest BCUT2D eigenvalue weighted by atomic mass is 16.5. The van der Waals surface area contributed by atoms with Gasteiger partial charge in [0.15, 0.2) is 0 Å². The molecule has 0 aliphatic carbocycles. The Morgan fingerprint density at radius 2 is 1.86 bits per heavy atom. The third-order valence-electron chi connectivity index (χ3n) is 3.74. The van der Waals surface area contributed by atoms with Crippen LogP contribution in [-0.2, 0) is 4.79 Å². The average molecular weight is 297 g/mol. The zero-order valence-electron chi connectivity index (χ0n) is 12.2. The molecule has 1 heterocycles. The molecule has 2 N–H and O–H groups in total. The lowest BCUT2D eigenvalue weighted by atomic mass is 10.1. The van der Waals surface area contributed by atoms with Crippen molar-refractivity contribution < 1.29 is 19.6 Å². The first-order valence-corrected chi connectivity index (χ1v) is 7.12. The number of quaternary nitrogens is 1. The number of nitrogens with one attached hydrogen (secondary N) is 1. The molecule has 1 amide bonds. The third kappa shape index (κ3) is 2.58. The lowest BCUT2D eigenvalue weighted by molar-refractivity contribution is -0.742. The van der Waals surface area contributed by atoms with E-state index in [1.165, 1.54) is 5.56 Å². The molecule has 22 heavy (non-hydrogen) atoms. The zero-order valence-corrected chi connectivity index (χ0v) is 12.2. The van der Waals surface area contributed by atoms with Crippen molar-refractivity contribution in [1.82, 2.24) is 0 Å². The van der Waals surface area contributed by atoms with Crippen molar-refractivity contribution >= 4 is 17.3 Å². The second-order valence-electron chi connectivity index (χ2n) is 5.21. The Hall–Kier alpha value is -2.66. The Morgan fingerprint density at radius 1 is 1.14 bits per heavy atom. The van der Waals surface area contributed by atoms with Gasteiger partial charge in [-0.3, -0.25) is 0 Å². The number of amides is 1. The summed E-state index contributed by atoms with van der Waals surface area (Å²) in [6.07, 6.45) is 0. The van der Waals surface area contributed by atoms with E-state index in [0.717, 1.165) is 11.4 Å². The van der Waals surface area contributed by atoms with E-state index in [4.69, 9.17) is 9.94 Å². The summed E-state index contributed by atoms with van der Waals surface area (Å²) in [5.41, 5.74) is 2.79. The quantitative estimate of drug-likeness (QED) is 0.660. The van der Waals surface area contributed by atoms with Crippen molar-refractivity contribution in [3.63, 3.8) is 0 Å². The lowest BCUT2D eigenvalue weighted by Gasteiger charge is -2.11. The number of oxime groups is 1. The fourth-order valence-electron chi connectivity index (χ4n) is 2.59. The SMILES string of the molecule is Cc1ccc(OCC[NH+]2C(=O)C(=NO)c3ccccc32)cc1. The summed E-state index contributed by atoms with van der Waals surface area (Å²) in [6, 6.07) is 15.1. The van der Waals surface area contributed by atoms with E-state index in [2.05, 4.69) is 5.16 Å². The Balaban J connectivity index is 1.70. The van der Waals surface area contributed by atoms with Crippen LogP contribution >= 0.6 is 0 Å². The van der Waals surface area contributed by atoms with Crippen molar-refractivity contribution in [3.05, 3.63) is 59.7 Å². The van der Waals surface area contributed by atoms with Crippen molar-refractivity contribution in [2.45, 2.75) is 6.92 Å². The molecule has 0 bridgehead atoms. The minimum Gasteiger partial charge on any atom is -0.488 e. The molecule has 2 aromatic rings. The van der Waals surface area contributed by atoms with Gasteiger partial charge in [0, 0.05) is 6.07 Å². The molecule has 3 rings (SSSR count). The van der Waals surface area contributed by atoms with Gasteiger partial charge in [0.2, 0.25) is 5.71 Å². The third-order valence-corrected chi connectivity index (χ3v) is 3.74. The first-order valence-electron chi connectivity index (χ1n) is 7.12. The van der Waals surface area contributed by atoms with Crippen LogP contribution in [0.5, 0.6) is 5.75 Å². The molecule has 0 saturated carbocycles. The summed E-state index contributed by atoms with van der Waals surface area (Å²) in [7, 11) is 0.